The molecule has 18 heavy (non-hydrogen) atoms. The Morgan fingerprint density at radius 3 is 2.50 bits per heavy atom. The van der Waals surface area contributed by atoms with Gasteiger partial charge in [0.05, 0.1) is 16.0 Å². The molecule has 0 fully saturated rings. The van der Waals surface area contributed by atoms with E-state index in [4.69, 9.17) is 11.6 Å². The molecule has 0 aliphatic heterocycles. The van der Waals surface area contributed by atoms with Crippen molar-refractivity contribution in [1.82, 2.24) is 9.78 Å². The fraction of sp³-hybridized carbons (Fsp3) is 0.0909. The minimum absolute atomic E-state index is 0.0683. The van der Waals surface area contributed by atoms with Gasteiger partial charge in [-0.25, -0.2) is 13.5 Å². The number of benzene rings is 1. The van der Waals surface area contributed by atoms with Crippen LogP contribution in [0.2, 0.25) is 0 Å². The fourth-order valence-corrected chi connectivity index (χ4v) is 1.77. The number of rotatable bonds is 2. The largest absolute Gasteiger partial charge is 0.288 e. The van der Waals surface area contributed by atoms with Crippen LogP contribution in [0, 0.1) is 11.6 Å². The van der Waals surface area contributed by atoms with E-state index >= 15 is 0 Å². The van der Waals surface area contributed by atoms with Crippen LogP contribution in [0.3, 0.4) is 0 Å². The van der Waals surface area contributed by atoms with Gasteiger partial charge >= 0.3 is 0 Å². The SMILES string of the molecule is O=c1ccn(-c2cc(F)c(Br)c(F)c2)nc1CCl. The average Bonchev–Trinajstić information content (AvgIpc) is 2.36. The number of hydrogen-bond acceptors (Lipinski definition) is 2. The molecule has 0 bridgehead atoms. The van der Waals surface area contributed by atoms with Gasteiger partial charge in [0.1, 0.15) is 17.3 Å². The topological polar surface area (TPSA) is 34.9 Å². The third-order valence-electron chi connectivity index (χ3n) is 2.24. The minimum Gasteiger partial charge on any atom is -0.288 e. The maximum absolute atomic E-state index is 13.4. The number of alkyl halides is 1. The smallest absolute Gasteiger partial charge is 0.204 e. The van der Waals surface area contributed by atoms with E-state index in [-0.39, 0.29) is 27.2 Å². The quantitative estimate of drug-likeness (QED) is 0.625. The van der Waals surface area contributed by atoms with E-state index < -0.39 is 11.6 Å². The fourth-order valence-electron chi connectivity index (χ4n) is 1.36. The van der Waals surface area contributed by atoms with Crippen LogP contribution in [-0.2, 0) is 5.88 Å². The van der Waals surface area contributed by atoms with Crippen molar-refractivity contribution in [3.63, 3.8) is 0 Å². The van der Waals surface area contributed by atoms with Gasteiger partial charge < -0.3 is 0 Å². The molecule has 0 atom stereocenters. The Morgan fingerprint density at radius 2 is 1.94 bits per heavy atom. The Kier molecular flexibility index (Phi) is 3.77. The van der Waals surface area contributed by atoms with Crippen LogP contribution in [0.4, 0.5) is 8.78 Å². The van der Waals surface area contributed by atoms with E-state index in [0.717, 1.165) is 12.1 Å². The number of hydrogen-bond donors (Lipinski definition) is 0. The van der Waals surface area contributed by atoms with Gasteiger partial charge in [-0.15, -0.1) is 11.6 Å². The van der Waals surface area contributed by atoms with Gasteiger partial charge in [0.25, 0.3) is 0 Å². The van der Waals surface area contributed by atoms with Crippen LogP contribution in [-0.4, -0.2) is 9.78 Å². The normalized spacial score (nSPS) is 10.7. The molecule has 7 heteroatoms. The maximum atomic E-state index is 13.4. The van der Waals surface area contributed by atoms with Gasteiger partial charge in [-0.05, 0) is 15.9 Å². The summed E-state index contributed by atoms with van der Waals surface area (Å²) in [4.78, 5) is 11.3. The molecule has 0 saturated heterocycles. The first kappa shape index (κ1) is 13.2. The lowest BCUT2D eigenvalue weighted by Crippen LogP contribution is -2.14. The third-order valence-corrected chi connectivity index (χ3v) is 3.25. The summed E-state index contributed by atoms with van der Waals surface area (Å²) in [7, 11) is 0. The second-order valence-electron chi connectivity index (χ2n) is 3.43. The van der Waals surface area contributed by atoms with Crippen molar-refractivity contribution in [1.29, 1.82) is 0 Å². The lowest BCUT2D eigenvalue weighted by atomic mass is 10.3. The van der Waals surface area contributed by atoms with E-state index in [2.05, 4.69) is 21.0 Å². The van der Waals surface area contributed by atoms with Crippen molar-refractivity contribution in [2.75, 3.05) is 0 Å². The van der Waals surface area contributed by atoms with Gasteiger partial charge in [0.15, 0.2) is 0 Å². The molecule has 2 aromatic rings. The summed E-state index contributed by atoms with van der Waals surface area (Å²) < 4.78 is 27.7. The molecule has 3 nitrogen and oxygen atoms in total. The lowest BCUT2D eigenvalue weighted by Gasteiger charge is -2.07. The summed E-state index contributed by atoms with van der Waals surface area (Å²) in [6.07, 6.45) is 1.32. The highest BCUT2D eigenvalue weighted by molar-refractivity contribution is 9.10. The third kappa shape index (κ3) is 2.44. The second kappa shape index (κ2) is 5.16. The highest BCUT2D eigenvalue weighted by atomic mass is 79.9. The number of aromatic nitrogens is 2. The first-order valence-electron chi connectivity index (χ1n) is 4.82. The highest BCUT2D eigenvalue weighted by Crippen LogP contribution is 2.22. The summed E-state index contributed by atoms with van der Waals surface area (Å²) >= 11 is 8.32. The zero-order valence-corrected chi connectivity index (χ0v) is 11.2. The summed E-state index contributed by atoms with van der Waals surface area (Å²) in [5.41, 5.74) is -0.0400. The molecule has 0 radical (unpaired) electrons. The molecule has 1 aromatic heterocycles. The number of halogens is 4. The van der Waals surface area contributed by atoms with Crippen LogP contribution in [0.15, 0.2) is 33.7 Å². The zero-order valence-electron chi connectivity index (χ0n) is 8.83. The predicted octanol–water partition coefficient (Wildman–Crippen LogP) is 3.01. The molecule has 0 spiro atoms. The van der Waals surface area contributed by atoms with Crippen LogP contribution < -0.4 is 5.43 Å². The standard InChI is InChI=1S/C11H6BrClF2N2O/c12-11-7(14)3-6(4-8(11)15)17-2-1-10(18)9(5-13)16-17/h1-4H,5H2. The molecule has 0 unspecified atom stereocenters. The van der Waals surface area contributed by atoms with Crippen molar-refractivity contribution in [2.45, 2.75) is 5.88 Å². The molecular formula is C11H6BrClF2N2O. The molecule has 0 N–H and O–H groups in total. The van der Waals surface area contributed by atoms with Gasteiger partial charge in [-0.2, -0.15) is 5.10 Å². The van der Waals surface area contributed by atoms with E-state index in [1.54, 1.807) is 0 Å². The van der Waals surface area contributed by atoms with Gasteiger partial charge in [-0.1, -0.05) is 0 Å². The molecule has 94 valence electrons. The maximum Gasteiger partial charge on any atom is 0.204 e. The van der Waals surface area contributed by atoms with E-state index in [0.29, 0.717) is 0 Å². The lowest BCUT2D eigenvalue weighted by molar-refractivity contribution is 0.568. The van der Waals surface area contributed by atoms with E-state index in [1.165, 1.54) is 16.9 Å². The van der Waals surface area contributed by atoms with Crippen molar-refractivity contribution >= 4 is 27.5 Å². The minimum atomic E-state index is -0.752. The molecule has 2 rings (SSSR count). The Hall–Kier alpha value is -1.27. The van der Waals surface area contributed by atoms with Crippen molar-refractivity contribution in [3.05, 3.63) is 56.4 Å². The van der Waals surface area contributed by atoms with Crippen LogP contribution in [0.5, 0.6) is 0 Å². The Morgan fingerprint density at radius 1 is 1.33 bits per heavy atom. The summed E-state index contributed by atoms with van der Waals surface area (Å²) in [5.74, 6) is -1.57. The number of nitrogens with zero attached hydrogens (tertiary/aromatic N) is 2. The highest BCUT2D eigenvalue weighted by Gasteiger charge is 2.10. The molecule has 0 amide bonds. The Balaban J connectivity index is 2.59. The van der Waals surface area contributed by atoms with Crippen molar-refractivity contribution in [3.8, 4) is 5.69 Å². The average molecular weight is 336 g/mol. The Bertz CT molecular complexity index is 637. The van der Waals surface area contributed by atoms with Gasteiger partial charge in [0, 0.05) is 24.4 Å². The van der Waals surface area contributed by atoms with Gasteiger partial charge in [0.2, 0.25) is 5.43 Å². The summed E-state index contributed by atoms with van der Waals surface area (Å²) in [6, 6.07) is 3.44. The second-order valence-corrected chi connectivity index (χ2v) is 4.49. The van der Waals surface area contributed by atoms with E-state index in [9.17, 15) is 13.6 Å². The molecular weight excluding hydrogens is 329 g/mol. The first-order valence-corrected chi connectivity index (χ1v) is 6.15. The van der Waals surface area contributed by atoms with Crippen LogP contribution >= 0.6 is 27.5 Å². The van der Waals surface area contributed by atoms with Crippen molar-refractivity contribution in [2.24, 2.45) is 0 Å². The molecule has 0 saturated carbocycles. The van der Waals surface area contributed by atoms with Crippen molar-refractivity contribution < 1.29 is 8.78 Å². The van der Waals surface area contributed by atoms with Crippen LogP contribution in [0.1, 0.15) is 5.69 Å². The molecule has 1 heterocycles. The summed E-state index contributed by atoms with van der Waals surface area (Å²) in [6.45, 7) is 0. The monoisotopic (exact) mass is 334 g/mol. The summed E-state index contributed by atoms with van der Waals surface area (Å²) in [5, 5.41) is 3.90. The molecule has 0 aliphatic rings. The van der Waals surface area contributed by atoms with Gasteiger partial charge in [-0.3, -0.25) is 4.79 Å². The first-order chi connectivity index (χ1) is 8.52. The van der Waals surface area contributed by atoms with E-state index in [1.807, 2.05) is 0 Å². The predicted molar refractivity (Wildman–Crippen MR) is 67.0 cm³/mol. The zero-order chi connectivity index (χ0) is 13.3. The molecule has 0 aliphatic carbocycles. The Labute approximate surface area is 114 Å². The molecule has 1 aromatic carbocycles. The van der Waals surface area contributed by atoms with Crippen LogP contribution in [0.25, 0.3) is 5.69 Å².